The number of hydrogen-bond acceptors (Lipinski definition) is 3. The third kappa shape index (κ3) is 3.20. The molecule has 1 atom stereocenters. The molecule has 4 rings (SSSR count). The van der Waals surface area contributed by atoms with Crippen LogP contribution in [0.1, 0.15) is 56.1 Å². The lowest BCUT2D eigenvalue weighted by molar-refractivity contribution is 0.386. The highest BCUT2D eigenvalue weighted by molar-refractivity contribution is 5.91. The number of aromatic amines is 1. The van der Waals surface area contributed by atoms with Crippen molar-refractivity contribution in [3.63, 3.8) is 0 Å². The van der Waals surface area contributed by atoms with Crippen LogP contribution >= 0.6 is 0 Å². The van der Waals surface area contributed by atoms with Crippen LogP contribution in [0.25, 0.3) is 22.3 Å². The first-order chi connectivity index (χ1) is 13.0. The molecule has 1 aromatic carbocycles. The standard InChI is InChI=1S/C22H26FN3O/c1-5-14(13-7-8-13)17-11-18-22(26-20(6-2)24-18)21(25-17)15-10-16(23)19(27-4)9-12(15)3/h9-11,13-14H,5-8H2,1-4H3,(H,24,26). The Balaban J connectivity index is 1.95. The van der Waals surface area contributed by atoms with E-state index in [1.807, 2.05) is 6.92 Å². The molecule has 1 saturated carbocycles. The van der Waals surface area contributed by atoms with Crippen molar-refractivity contribution < 1.29 is 9.13 Å². The monoisotopic (exact) mass is 367 g/mol. The zero-order chi connectivity index (χ0) is 19.1. The van der Waals surface area contributed by atoms with Crippen molar-refractivity contribution in [3.8, 4) is 17.0 Å². The molecule has 4 nitrogen and oxygen atoms in total. The summed E-state index contributed by atoms with van der Waals surface area (Å²) >= 11 is 0. The summed E-state index contributed by atoms with van der Waals surface area (Å²) in [5.74, 6) is 1.97. The number of fused-ring (bicyclic) bond motifs is 1. The summed E-state index contributed by atoms with van der Waals surface area (Å²) in [5, 5.41) is 0. The van der Waals surface area contributed by atoms with E-state index in [2.05, 4.69) is 24.9 Å². The molecule has 1 unspecified atom stereocenters. The van der Waals surface area contributed by atoms with E-state index < -0.39 is 0 Å². The van der Waals surface area contributed by atoms with Crippen LogP contribution in [0, 0.1) is 18.7 Å². The summed E-state index contributed by atoms with van der Waals surface area (Å²) < 4.78 is 19.6. The quantitative estimate of drug-likeness (QED) is 0.622. The van der Waals surface area contributed by atoms with Crippen molar-refractivity contribution in [3.05, 3.63) is 41.1 Å². The maximum atomic E-state index is 14.5. The highest BCUT2D eigenvalue weighted by Crippen LogP contribution is 2.45. The Kier molecular flexibility index (Phi) is 4.62. The largest absolute Gasteiger partial charge is 0.494 e. The van der Waals surface area contributed by atoms with Crippen LogP contribution in [0.3, 0.4) is 0 Å². The average Bonchev–Trinajstić information content (AvgIpc) is 3.41. The third-order valence-electron chi connectivity index (χ3n) is 5.64. The fourth-order valence-electron chi connectivity index (χ4n) is 3.98. The number of aromatic nitrogens is 3. The highest BCUT2D eigenvalue weighted by Gasteiger charge is 2.32. The molecule has 0 aliphatic heterocycles. The number of ether oxygens (including phenoxy) is 1. The second kappa shape index (κ2) is 6.95. The molecule has 0 amide bonds. The van der Waals surface area contributed by atoms with E-state index in [4.69, 9.17) is 14.7 Å². The van der Waals surface area contributed by atoms with Crippen LogP contribution in [0.5, 0.6) is 5.75 Å². The molecule has 0 spiro atoms. The minimum atomic E-state index is -0.376. The molecule has 0 saturated heterocycles. The molecule has 2 aromatic heterocycles. The summed E-state index contributed by atoms with van der Waals surface area (Å²) in [6.45, 7) is 6.25. The van der Waals surface area contributed by atoms with Gasteiger partial charge in [-0.05, 0) is 55.9 Å². The van der Waals surface area contributed by atoms with Gasteiger partial charge in [-0.1, -0.05) is 13.8 Å². The lowest BCUT2D eigenvalue weighted by Crippen LogP contribution is -2.05. The zero-order valence-electron chi connectivity index (χ0n) is 16.4. The summed E-state index contributed by atoms with van der Waals surface area (Å²) in [7, 11) is 1.48. The van der Waals surface area contributed by atoms with E-state index in [-0.39, 0.29) is 11.6 Å². The van der Waals surface area contributed by atoms with E-state index in [1.54, 1.807) is 6.07 Å². The molecule has 5 heteroatoms. The first kappa shape index (κ1) is 18.0. The van der Waals surface area contributed by atoms with Crippen LogP contribution in [-0.4, -0.2) is 22.1 Å². The van der Waals surface area contributed by atoms with Crippen molar-refractivity contribution in [2.75, 3.05) is 7.11 Å². The molecular weight excluding hydrogens is 341 g/mol. The van der Waals surface area contributed by atoms with Crippen molar-refractivity contribution in [1.29, 1.82) is 0 Å². The fourth-order valence-corrected chi connectivity index (χ4v) is 3.98. The van der Waals surface area contributed by atoms with Crippen molar-refractivity contribution in [1.82, 2.24) is 15.0 Å². The van der Waals surface area contributed by atoms with E-state index in [0.717, 1.165) is 58.1 Å². The summed E-state index contributed by atoms with van der Waals surface area (Å²) in [6, 6.07) is 5.40. The lowest BCUT2D eigenvalue weighted by atomic mass is 9.94. The molecule has 27 heavy (non-hydrogen) atoms. The summed E-state index contributed by atoms with van der Waals surface area (Å²) in [5.41, 5.74) is 5.36. The molecule has 1 N–H and O–H groups in total. The Morgan fingerprint density at radius 1 is 1.22 bits per heavy atom. The van der Waals surface area contributed by atoms with Crippen molar-refractivity contribution in [2.24, 2.45) is 5.92 Å². The normalized spacial score (nSPS) is 15.3. The second-order valence-electron chi connectivity index (χ2n) is 7.48. The zero-order valence-corrected chi connectivity index (χ0v) is 16.4. The van der Waals surface area contributed by atoms with Crippen LogP contribution in [-0.2, 0) is 6.42 Å². The number of nitrogens with zero attached hydrogens (tertiary/aromatic N) is 2. The molecule has 1 aliphatic carbocycles. The minimum absolute atomic E-state index is 0.254. The van der Waals surface area contributed by atoms with Gasteiger partial charge in [-0.3, -0.25) is 4.98 Å². The van der Waals surface area contributed by atoms with Gasteiger partial charge in [0.1, 0.15) is 11.3 Å². The topological polar surface area (TPSA) is 50.8 Å². The number of pyridine rings is 1. The summed E-state index contributed by atoms with van der Waals surface area (Å²) in [6.07, 6.45) is 4.42. The average molecular weight is 367 g/mol. The second-order valence-corrected chi connectivity index (χ2v) is 7.48. The van der Waals surface area contributed by atoms with Gasteiger partial charge in [-0.2, -0.15) is 0 Å². The Labute approximate surface area is 159 Å². The van der Waals surface area contributed by atoms with E-state index in [1.165, 1.54) is 26.0 Å². The molecule has 0 bridgehead atoms. The van der Waals surface area contributed by atoms with E-state index in [0.29, 0.717) is 5.92 Å². The van der Waals surface area contributed by atoms with Crippen molar-refractivity contribution in [2.45, 2.75) is 52.4 Å². The molecular formula is C22H26FN3O. The molecule has 1 fully saturated rings. The minimum Gasteiger partial charge on any atom is -0.494 e. The van der Waals surface area contributed by atoms with Gasteiger partial charge < -0.3 is 9.72 Å². The molecule has 3 aromatic rings. The number of imidazole rings is 1. The number of aryl methyl sites for hydroxylation is 2. The first-order valence-electron chi connectivity index (χ1n) is 9.79. The summed E-state index contributed by atoms with van der Waals surface area (Å²) in [4.78, 5) is 13.2. The number of rotatable bonds is 6. The van der Waals surface area contributed by atoms with Gasteiger partial charge in [-0.25, -0.2) is 9.37 Å². The first-order valence-corrected chi connectivity index (χ1v) is 9.79. The van der Waals surface area contributed by atoms with Crippen LogP contribution in [0.4, 0.5) is 4.39 Å². The smallest absolute Gasteiger partial charge is 0.165 e. The number of benzene rings is 1. The maximum absolute atomic E-state index is 14.5. The molecule has 0 radical (unpaired) electrons. The predicted octanol–water partition coefficient (Wildman–Crippen LogP) is 5.55. The van der Waals surface area contributed by atoms with Gasteiger partial charge in [0.2, 0.25) is 0 Å². The Morgan fingerprint density at radius 2 is 2.00 bits per heavy atom. The highest BCUT2D eigenvalue weighted by atomic mass is 19.1. The van der Waals surface area contributed by atoms with E-state index >= 15 is 0 Å². The molecule has 2 heterocycles. The number of H-pyrrole nitrogens is 1. The lowest BCUT2D eigenvalue weighted by Gasteiger charge is -2.16. The van der Waals surface area contributed by atoms with Gasteiger partial charge >= 0.3 is 0 Å². The molecule has 142 valence electrons. The van der Waals surface area contributed by atoms with Gasteiger partial charge in [-0.15, -0.1) is 0 Å². The van der Waals surface area contributed by atoms with Crippen molar-refractivity contribution >= 4 is 11.0 Å². The maximum Gasteiger partial charge on any atom is 0.165 e. The Bertz CT molecular complexity index is 991. The van der Waals surface area contributed by atoms with Gasteiger partial charge in [0.15, 0.2) is 11.6 Å². The van der Waals surface area contributed by atoms with Gasteiger partial charge in [0.05, 0.1) is 18.3 Å². The Hall–Kier alpha value is -2.43. The number of hydrogen-bond donors (Lipinski definition) is 1. The Morgan fingerprint density at radius 3 is 2.63 bits per heavy atom. The molecule has 1 aliphatic rings. The van der Waals surface area contributed by atoms with Crippen LogP contribution < -0.4 is 4.74 Å². The fraction of sp³-hybridized carbons (Fsp3) is 0.455. The number of methoxy groups -OCH3 is 1. The van der Waals surface area contributed by atoms with E-state index in [9.17, 15) is 4.39 Å². The van der Waals surface area contributed by atoms with Crippen LogP contribution in [0.2, 0.25) is 0 Å². The van der Waals surface area contributed by atoms with Crippen LogP contribution in [0.15, 0.2) is 18.2 Å². The van der Waals surface area contributed by atoms with Gasteiger partial charge in [0, 0.05) is 23.6 Å². The predicted molar refractivity (Wildman–Crippen MR) is 106 cm³/mol. The number of halogens is 1. The SMILES string of the molecule is CCc1nc2c(-c3cc(F)c(OC)cc3C)nc(C(CC)C3CC3)cc2[nH]1. The number of nitrogens with one attached hydrogen (secondary N) is 1. The third-order valence-corrected chi connectivity index (χ3v) is 5.64. The van der Waals surface area contributed by atoms with Gasteiger partial charge in [0.25, 0.3) is 0 Å².